The predicted molar refractivity (Wildman–Crippen MR) is 122 cm³/mol. The zero-order valence-corrected chi connectivity index (χ0v) is 18.3. The summed E-state index contributed by atoms with van der Waals surface area (Å²) in [7, 11) is 0. The van der Waals surface area contributed by atoms with E-state index in [1.54, 1.807) is 0 Å². The molecule has 5 heteroatoms. The molecule has 0 aliphatic heterocycles. The van der Waals surface area contributed by atoms with Crippen molar-refractivity contribution in [2.75, 3.05) is 39.4 Å². The number of benzene rings is 2. The van der Waals surface area contributed by atoms with E-state index in [1.807, 2.05) is 36.4 Å². The SMILES string of the molecule is CCCNCCCOc1ccc2c(c1)-c1cc(OCCCNCCC)ccc1C2=O. The summed E-state index contributed by atoms with van der Waals surface area (Å²) in [5.74, 6) is 1.68. The third-order valence-electron chi connectivity index (χ3n) is 5.15. The number of ether oxygens (including phenoxy) is 2. The third-order valence-corrected chi connectivity index (χ3v) is 5.15. The molecule has 2 aromatic rings. The van der Waals surface area contributed by atoms with Crippen molar-refractivity contribution in [2.45, 2.75) is 39.5 Å². The van der Waals surface area contributed by atoms with Crippen LogP contribution in [0, 0.1) is 0 Å². The Kier molecular flexibility index (Phi) is 8.72. The number of rotatable bonds is 14. The number of hydrogen-bond acceptors (Lipinski definition) is 5. The Morgan fingerprint density at radius 1 is 0.667 bits per heavy atom. The predicted octanol–water partition coefficient (Wildman–Crippen LogP) is 4.44. The van der Waals surface area contributed by atoms with Gasteiger partial charge in [-0.1, -0.05) is 13.8 Å². The summed E-state index contributed by atoms with van der Waals surface area (Å²) < 4.78 is 11.8. The maximum absolute atomic E-state index is 12.7. The highest BCUT2D eigenvalue weighted by atomic mass is 16.5. The molecule has 3 rings (SSSR count). The van der Waals surface area contributed by atoms with Crippen LogP contribution in [-0.4, -0.2) is 45.2 Å². The first kappa shape index (κ1) is 22.3. The van der Waals surface area contributed by atoms with E-state index >= 15 is 0 Å². The Hall–Kier alpha value is -2.37. The van der Waals surface area contributed by atoms with E-state index in [2.05, 4.69) is 24.5 Å². The highest BCUT2D eigenvalue weighted by molar-refractivity contribution is 6.21. The van der Waals surface area contributed by atoms with Crippen LogP contribution in [0.4, 0.5) is 0 Å². The van der Waals surface area contributed by atoms with Gasteiger partial charge >= 0.3 is 0 Å². The van der Waals surface area contributed by atoms with Crippen LogP contribution in [0.1, 0.15) is 55.5 Å². The molecule has 0 unspecified atom stereocenters. The minimum Gasteiger partial charge on any atom is -0.494 e. The summed E-state index contributed by atoms with van der Waals surface area (Å²) in [6.45, 7) is 9.62. The van der Waals surface area contributed by atoms with Gasteiger partial charge in [0.25, 0.3) is 0 Å². The van der Waals surface area contributed by atoms with E-state index in [0.717, 1.165) is 85.6 Å². The average Bonchev–Trinajstić information content (AvgIpc) is 3.04. The molecule has 5 nitrogen and oxygen atoms in total. The van der Waals surface area contributed by atoms with E-state index in [0.29, 0.717) is 13.2 Å². The minimum absolute atomic E-state index is 0.0747. The van der Waals surface area contributed by atoms with Gasteiger partial charge in [-0.05, 0) is 99.4 Å². The van der Waals surface area contributed by atoms with Crippen LogP contribution < -0.4 is 20.1 Å². The van der Waals surface area contributed by atoms with E-state index in [-0.39, 0.29) is 5.78 Å². The summed E-state index contributed by atoms with van der Waals surface area (Å²) in [4.78, 5) is 12.7. The molecule has 1 aliphatic rings. The van der Waals surface area contributed by atoms with Gasteiger partial charge in [0.1, 0.15) is 11.5 Å². The Bertz CT molecular complexity index is 768. The molecular weight excluding hydrogens is 376 g/mol. The van der Waals surface area contributed by atoms with Crippen molar-refractivity contribution in [3.05, 3.63) is 47.5 Å². The average molecular weight is 411 g/mol. The zero-order valence-electron chi connectivity index (χ0n) is 18.3. The van der Waals surface area contributed by atoms with Gasteiger partial charge in [0.05, 0.1) is 13.2 Å². The lowest BCUT2D eigenvalue weighted by molar-refractivity contribution is 0.104. The van der Waals surface area contributed by atoms with Crippen molar-refractivity contribution in [3.63, 3.8) is 0 Å². The minimum atomic E-state index is 0.0747. The quantitative estimate of drug-likeness (QED) is 0.385. The monoisotopic (exact) mass is 410 g/mol. The fourth-order valence-corrected chi connectivity index (χ4v) is 3.59. The van der Waals surface area contributed by atoms with Gasteiger partial charge < -0.3 is 20.1 Å². The molecule has 0 saturated carbocycles. The molecule has 2 N–H and O–H groups in total. The second-order valence-corrected chi connectivity index (χ2v) is 7.65. The molecule has 0 spiro atoms. The molecular formula is C25H34N2O3. The van der Waals surface area contributed by atoms with Crippen LogP contribution >= 0.6 is 0 Å². The second-order valence-electron chi connectivity index (χ2n) is 7.65. The number of fused-ring (bicyclic) bond motifs is 3. The Morgan fingerprint density at radius 3 is 1.57 bits per heavy atom. The van der Waals surface area contributed by atoms with Gasteiger partial charge in [-0.2, -0.15) is 0 Å². The first-order chi connectivity index (χ1) is 14.7. The molecule has 0 saturated heterocycles. The number of nitrogens with one attached hydrogen (secondary N) is 2. The second kappa shape index (κ2) is 11.7. The van der Waals surface area contributed by atoms with Crippen molar-refractivity contribution < 1.29 is 14.3 Å². The van der Waals surface area contributed by atoms with Gasteiger partial charge in [-0.3, -0.25) is 4.79 Å². The first-order valence-corrected chi connectivity index (χ1v) is 11.2. The molecule has 0 heterocycles. The lowest BCUT2D eigenvalue weighted by Gasteiger charge is -2.10. The molecule has 0 atom stereocenters. The molecule has 2 aromatic carbocycles. The van der Waals surface area contributed by atoms with Crippen LogP contribution in [0.15, 0.2) is 36.4 Å². The Morgan fingerprint density at radius 2 is 1.13 bits per heavy atom. The molecule has 0 bridgehead atoms. The van der Waals surface area contributed by atoms with Gasteiger partial charge in [0.2, 0.25) is 0 Å². The summed E-state index contributed by atoms with van der Waals surface area (Å²) in [6.07, 6.45) is 4.19. The first-order valence-electron chi connectivity index (χ1n) is 11.2. The highest BCUT2D eigenvalue weighted by Gasteiger charge is 2.27. The standard InChI is InChI=1S/C25H34N2O3/c1-3-11-26-13-5-15-29-19-7-9-21-23(17-19)24-18-20(8-10-22(24)25(21)28)30-16-6-14-27-12-4-2/h7-10,17-18,26-27H,3-6,11-16H2,1-2H3. The van der Waals surface area contributed by atoms with Gasteiger partial charge in [0.15, 0.2) is 5.78 Å². The van der Waals surface area contributed by atoms with E-state index in [4.69, 9.17) is 9.47 Å². The highest BCUT2D eigenvalue weighted by Crippen LogP contribution is 2.40. The van der Waals surface area contributed by atoms with Crippen molar-refractivity contribution in [1.29, 1.82) is 0 Å². The number of hydrogen-bond donors (Lipinski definition) is 2. The maximum atomic E-state index is 12.7. The maximum Gasteiger partial charge on any atom is 0.194 e. The molecule has 30 heavy (non-hydrogen) atoms. The summed E-state index contributed by atoms with van der Waals surface area (Å²) in [6, 6.07) is 11.5. The van der Waals surface area contributed by atoms with E-state index < -0.39 is 0 Å². The van der Waals surface area contributed by atoms with Crippen molar-refractivity contribution in [1.82, 2.24) is 10.6 Å². The smallest absolute Gasteiger partial charge is 0.194 e. The van der Waals surface area contributed by atoms with Crippen molar-refractivity contribution in [3.8, 4) is 22.6 Å². The molecule has 0 radical (unpaired) electrons. The Labute approximate surface area is 180 Å². The van der Waals surface area contributed by atoms with Crippen LogP contribution in [0.2, 0.25) is 0 Å². The molecule has 0 aromatic heterocycles. The van der Waals surface area contributed by atoms with E-state index in [1.165, 1.54) is 0 Å². The third kappa shape index (κ3) is 5.83. The summed E-state index contributed by atoms with van der Waals surface area (Å²) in [5, 5.41) is 6.75. The summed E-state index contributed by atoms with van der Waals surface area (Å²) >= 11 is 0. The Balaban J connectivity index is 1.60. The molecule has 1 aliphatic carbocycles. The lowest BCUT2D eigenvalue weighted by atomic mass is 10.1. The molecule has 0 amide bonds. The number of ketones is 1. The van der Waals surface area contributed by atoms with Crippen molar-refractivity contribution in [2.24, 2.45) is 0 Å². The van der Waals surface area contributed by atoms with Crippen LogP contribution in [0.3, 0.4) is 0 Å². The largest absolute Gasteiger partial charge is 0.494 e. The van der Waals surface area contributed by atoms with Gasteiger partial charge in [-0.15, -0.1) is 0 Å². The summed E-state index contributed by atoms with van der Waals surface area (Å²) in [5.41, 5.74) is 3.35. The molecule has 162 valence electrons. The van der Waals surface area contributed by atoms with Crippen molar-refractivity contribution >= 4 is 5.78 Å². The number of carbonyl (C=O) groups excluding carboxylic acids is 1. The topological polar surface area (TPSA) is 59.6 Å². The lowest BCUT2D eigenvalue weighted by Crippen LogP contribution is -2.18. The van der Waals surface area contributed by atoms with Crippen LogP contribution in [0.25, 0.3) is 11.1 Å². The van der Waals surface area contributed by atoms with Crippen LogP contribution in [0.5, 0.6) is 11.5 Å². The van der Waals surface area contributed by atoms with E-state index in [9.17, 15) is 4.79 Å². The van der Waals surface area contributed by atoms with Gasteiger partial charge in [0, 0.05) is 11.1 Å². The fourth-order valence-electron chi connectivity index (χ4n) is 3.59. The number of carbonyl (C=O) groups is 1. The van der Waals surface area contributed by atoms with Crippen LogP contribution in [-0.2, 0) is 0 Å². The zero-order chi connectivity index (χ0) is 21.2. The normalized spacial score (nSPS) is 12.0. The van der Waals surface area contributed by atoms with Gasteiger partial charge in [-0.25, -0.2) is 0 Å². The molecule has 0 fully saturated rings. The fraction of sp³-hybridized carbons (Fsp3) is 0.480.